The summed E-state index contributed by atoms with van der Waals surface area (Å²) < 4.78 is 0. The Morgan fingerprint density at radius 2 is 1.87 bits per heavy atom. The molecule has 2 aliphatic heterocycles. The zero-order chi connectivity index (χ0) is 20.7. The standard InChI is InChI=1S/C24H29N3O2S/c1-24(18-10-6-3-7-11-18)22(28)27(23(29)25-24)16-26-14-12-20-19(13-15-30-20)21(26)17-8-4-2-5-9-17/h2,4-5,8-9,13,15,18,21H,3,6-7,10-12,14,16H2,1H3,(H,25,29)/t21-,24-/m0/s1. The van der Waals surface area contributed by atoms with Gasteiger partial charge in [0.25, 0.3) is 5.91 Å². The predicted molar refractivity (Wildman–Crippen MR) is 118 cm³/mol. The van der Waals surface area contributed by atoms with Crippen LogP contribution in [0.15, 0.2) is 41.8 Å². The summed E-state index contributed by atoms with van der Waals surface area (Å²) in [6.07, 6.45) is 6.52. The molecule has 1 aromatic heterocycles. The Labute approximate surface area is 182 Å². The molecule has 158 valence electrons. The van der Waals surface area contributed by atoms with Crippen molar-refractivity contribution < 1.29 is 9.59 Å². The third-order valence-electron chi connectivity index (χ3n) is 7.23. The van der Waals surface area contributed by atoms with Gasteiger partial charge in [0.15, 0.2) is 0 Å². The number of benzene rings is 1. The summed E-state index contributed by atoms with van der Waals surface area (Å²) in [5.74, 6) is 0.185. The molecule has 3 aliphatic rings. The van der Waals surface area contributed by atoms with E-state index in [0.29, 0.717) is 6.67 Å². The molecule has 6 heteroatoms. The molecule has 2 aromatic rings. The smallest absolute Gasteiger partial charge is 0.323 e. The van der Waals surface area contributed by atoms with Crippen LogP contribution in [0.4, 0.5) is 4.79 Å². The Bertz CT molecular complexity index is 937. The monoisotopic (exact) mass is 423 g/mol. The lowest BCUT2D eigenvalue weighted by atomic mass is 9.75. The van der Waals surface area contributed by atoms with Crippen LogP contribution >= 0.6 is 11.3 Å². The third kappa shape index (κ3) is 3.26. The van der Waals surface area contributed by atoms with Gasteiger partial charge in [0.2, 0.25) is 0 Å². The molecule has 5 rings (SSSR count). The van der Waals surface area contributed by atoms with Crippen molar-refractivity contribution in [1.82, 2.24) is 15.1 Å². The second kappa shape index (κ2) is 7.82. The van der Waals surface area contributed by atoms with Crippen molar-refractivity contribution in [3.63, 3.8) is 0 Å². The van der Waals surface area contributed by atoms with Crippen molar-refractivity contribution in [2.45, 2.75) is 57.0 Å². The van der Waals surface area contributed by atoms with E-state index in [4.69, 9.17) is 0 Å². The van der Waals surface area contributed by atoms with Gasteiger partial charge in [0, 0.05) is 11.4 Å². The number of imide groups is 1. The highest BCUT2D eigenvalue weighted by molar-refractivity contribution is 7.10. The number of carbonyl (C=O) groups is 2. The summed E-state index contributed by atoms with van der Waals surface area (Å²) in [5, 5.41) is 5.22. The molecule has 30 heavy (non-hydrogen) atoms. The van der Waals surface area contributed by atoms with Crippen LogP contribution < -0.4 is 5.32 Å². The lowest BCUT2D eigenvalue weighted by molar-refractivity contribution is -0.134. The number of fused-ring (bicyclic) bond motifs is 1. The first-order valence-corrected chi connectivity index (χ1v) is 12.0. The molecular formula is C24H29N3O2S. The number of carbonyl (C=O) groups excluding carboxylic acids is 2. The molecule has 0 bridgehead atoms. The number of thiophene rings is 1. The number of nitrogens with zero attached hydrogens (tertiary/aromatic N) is 2. The van der Waals surface area contributed by atoms with E-state index in [9.17, 15) is 9.59 Å². The molecule has 1 saturated heterocycles. The molecule has 1 N–H and O–H groups in total. The molecule has 1 saturated carbocycles. The number of hydrogen-bond donors (Lipinski definition) is 1. The Kier molecular flexibility index (Phi) is 5.15. The van der Waals surface area contributed by atoms with Crippen LogP contribution in [0.1, 0.15) is 61.1 Å². The maximum Gasteiger partial charge on any atom is 0.326 e. The van der Waals surface area contributed by atoms with E-state index < -0.39 is 5.54 Å². The second-order valence-corrected chi connectivity index (χ2v) is 10.0. The van der Waals surface area contributed by atoms with Crippen molar-refractivity contribution in [2.24, 2.45) is 5.92 Å². The zero-order valence-electron chi connectivity index (χ0n) is 17.5. The quantitative estimate of drug-likeness (QED) is 0.735. The summed E-state index contributed by atoms with van der Waals surface area (Å²) >= 11 is 1.80. The number of hydrogen-bond acceptors (Lipinski definition) is 4. The average Bonchev–Trinajstić information content (AvgIpc) is 3.34. The van der Waals surface area contributed by atoms with Gasteiger partial charge < -0.3 is 5.32 Å². The van der Waals surface area contributed by atoms with Crippen LogP contribution in [0, 0.1) is 5.92 Å². The summed E-state index contributed by atoms with van der Waals surface area (Å²) in [4.78, 5) is 31.5. The Morgan fingerprint density at radius 3 is 2.63 bits per heavy atom. The largest absolute Gasteiger partial charge is 0.326 e. The minimum atomic E-state index is -0.761. The molecule has 3 amide bonds. The van der Waals surface area contributed by atoms with Gasteiger partial charge in [-0.2, -0.15) is 0 Å². The van der Waals surface area contributed by atoms with Gasteiger partial charge in [0.05, 0.1) is 12.7 Å². The maximum absolute atomic E-state index is 13.5. The fourth-order valence-electron chi connectivity index (χ4n) is 5.53. The topological polar surface area (TPSA) is 52.7 Å². The van der Waals surface area contributed by atoms with E-state index in [1.807, 2.05) is 13.0 Å². The van der Waals surface area contributed by atoms with E-state index >= 15 is 0 Å². The summed E-state index contributed by atoms with van der Waals surface area (Å²) in [5.41, 5.74) is 1.75. The highest BCUT2D eigenvalue weighted by atomic mass is 32.1. The average molecular weight is 424 g/mol. The molecule has 1 aromatic carbocycles. The first kappa shape index (κ1) is 19.8. The number of rotatable bonds is 4. The molecule has 2 atom stereocenters. The molecule has 3 heterocycles. The number of amides is 3. The highest BCUT2D eigenvalue weighted by Crippen LogP contribution is 2.40. The SMILES string of the molecule is C[C@@]1(C2CCCCC2)NC(=O)N(CN2CCc3sccc3[C@@H]2c2ccccc2)C1=O. The highest BCUT2D eigenvalue weighted by Gasteiger charge is 2.53. The summed E-state index contributed by atoms with van der Waals surface area (Å²) in [6, 6.07) is 12.5. The van der Waals surface area contributed by atoms with Crippen molar-refractivity contribution in [2.75, 3.05) is 13.2 Å². The summed E-state index contributed by atoms with van der Waals surface area (Å²) in [6.45, 7) is 3.11. The molecule has 0 unspecified atom stereocenters. The molecule has 5 nitrogen and oxygen atoms in total. The van der Waals surface area contributed by atoms with E-state index in [1.165, 1.54) is 27.3 Å². The fraction of sp³-hybridized carbons (Fsp3) is 0.500. The van der Waals surface area contributed by atoms with Gasteiger partial charge >= 0.3 is 6.03 Å². The van der Waals surface area contributed by atoms with E-state index in [2.05, 4.69) is 45.9 Å². The van der Waals surface area contributed by atoms with Crippen LogP contribution in [-0.2, 0) is 11.2 Å². The molecule has 0 radical (unpaired) electrons. The molecule has 0 spiro atoms. The van der Waals surface area contributed by atoms with Crippen molar-refractivity contribution in [1.29, 1.82) is 0 Å². The first-order valence-electron chi connectivity index (χ1n) is 11.1. The minimum absolute atomic E-state index is 0.0534. The van der Waals surface area contributed by atoms with E-state index in [-0.39, 0.29) is 23.9 Å². The number of urea groups is 1. The van der Waals surface area contributed by atoms with Gasteiger partial charge in [-0.1, -0.05) is 49.6 Å². The molecule has 2 fully saturated rings. The maximum atomic E-state index is 13.5. The van der Waals surface area contributed by atoms with E-state index in [0.717, 1.165) is 38.6 Å². The van der Waals surface area contributed by atoms with Crippen LogP contribution in [0.2, 0.25) is 0 Å². The van der Waals surface area contributed by atoms with Gasteiger partial charge in [-0.05, 0) is 54.7 Å². The lowest BCUT2D eigenvalue weighted by Gasteiger charge is -2.38. The lowest BCUT2D eigenvalue weighted by Crippen LogP contribution is -2.52. The Hall–Kier alpha value is -2.18. The van der Waals surface area contributed by atoms with Crippen LogP contribution in [0.5, 0.6) is 0 Å². The third-order valence-corrected chi connectivity index (χ3v) is 8.22. The van der Waals surface area contributed by atoms with Crippen LogP contribution in [0.3, 0.4) is 0 Å². The molecule has 1 aliphatic carbocycles. The zero-order valence-corrected chi connectivity index (χ0v) is 18.3. The van der Waals surface area contributed by atoms with Gasteiger partial charge in [-0.25, -0.2) is 9.69 Å². The van der Waals surface area contributed by atoms with Crippen LogP contribution in [-0.4, -0.2) is 40.5 Å². The minimum Gasteiger partial charge on any atom is -0.323 e. The predicted octanol–water partition coefficient (Wildman–Crippen LogP) is 4.54. The van der Waals surface area contributed by atoms with Gasteiger partial charge in [0.1, 0.15) is 5.54 Å². The van der Waals surface area contributed by atoms with Gasteiger partial charge in [-0.15, -0.1) is 11.3 Å². The van der Waals surface area contributed by atoms with Gasteiger partial charge in [-0.3, -0.25) is 9.69 Å². The van der Waals surface area contributed by atoms with Crippen molar-refractivity contribution in [3.05, 3.63) is 57.8 Å². The van der Waals surface area contributed by atoms with Crippen LogP contribution in [0.25, 0.3) is 0 Å². The molecular weight excluding hydrogens is 394 g/mol. The Morgan fingerprint density at radius 1 is 1.10 bits per heavy atom. The van der Waals surface area contributed by atoms with E-state index in [1.54, 1.807) is 11.3 Å². The second-order valence-electron chi connectivity index (χ2n) is 9.02. The summed E-state index contributed by atoms with van der Waals surface area (Å²) in [7, 11) is 0. The first-order chi connectivity index (χ1) is 14.6. The Balaban J connectivity index is 1.42. The van der Waals surface area contributed by atoms with Crippen molar-refractivity contribution >= 4 is 23.3 Å². The normalized spacial score (nSPS) is 27.9. The van der Waals surface area contributed by atoms with Crippen molar-refractivity contribution in [3.8, 4) is 0 Å². The fourth-order valence-corrected chi connectivity index (χ4v) is 6.43. The number of nitrogens with one attached hydrogen (secondary N) is 1.